The molecule has 0 aromatic carbocycles. The zero-order valence-electron chi connectivity index (χ0n) is 22.7. The standard InChI is InChI=1S/C30H50O4/c1-7-33-28(32)34-22-14-16-29(5)21(18-22)9-10-23-25-12-11-24(30(25,6)17-15-26(23)29)20(4)8-13-27(31)19(2)3/h19-26H,7-18H2,1-6H3/t20-,21?,22?,23+,24-,25+,26+,29+,30-/m1/s1. The molecule has 4 fully saturated rings. The summed E-state index contributed by atoms with van der Waals surface area (Å²) >= 11 is 0. The molecule has 0 heterocycles. The molecule has 0 aromatic heterocycles. The van der Waals surface area contributed by atoms with Crippen molar-refractivity contribution in [3.05, 3.63) is 0 Å². The highest BCUT2D eigenvalue weighted by atomic mass is 16.7. The van der Waals surface area contributed by atoms with Gasteiger partial charge in [-0.25, -0.2) is 4.79 Å². The summed E-state index contributed by atoms with van der Waals surface area (Å²) in [4.78, 5) is 24.1. The summed E-state index contributed by atoms with van der Waals surface area (Å²) in [6.45, 7) is 13.9. The number of rotatable bonds is 7. The minimum Gasteiger partial charge on any atom is -0.435 e. The van der Waals surface area contributed by atoms with E-state index in [2.05, 4.69) is 20.8 Å². The number of ketones is 1. The van der Waals surface area contributed by atoms with Crippen LogP contribution in [0.3, 0.4) is 0 Å². The number of fused-ring (bicyclic) bond motifs is 5. The second kappa shape index (κ2) is 10.1. The third-order valence-electron chi connectivity index (χ3n) is 11.4. The Morgan fingerprint density at radius 2 is 1.62 bits per heavy atom. The fraction of sp³-hybridized carbons (Fsp3) is 0.933. The molecule has 2 unspecified atom stereocenters. The quantitative estimate of drug-likeness (QED) is 0.353. The molecule has 0 radical (unpaired) electrons. The van der Waals surface area contributed by atoms with Crippen LogP contribution in [0.15, 0.2) is 0 Å². The van der Waals surface area contributed by atoms with Crippen LogP contribution in [0, 0.1) is 52.3 Å². The number of ether oxygens (including phenoxy) is 2. The summed E-state index contributed by atoms with van der Waals surface area (Å²) in [6.07, 6.45) is 12.7. The first-order chi connectivity index (χ1) is 16.1. The maximum absolute atomic E-state index is 12.3. The van der Waals surface area contributed by atoms with Gasteiger partial charge in [-0.3, -0.25) is 4.79 Å². The summed E-state index contributed by atoms with van der Waals surface area (Å²) in [7, 11) is 0. The number of carbonyl (C=O) groups excluding carboxylic acids is 2. The lowest BCUT2D eigenvalue weighted by Gasteiger charge is -2.61. The zero-order valence-corrected chi connectivity index (χ0v) is 22.7. The van der Waals surface area contributed by atoms with E-state index in [9.17, 15) is 9.59 Å². The molecule has 34 heavy (non-hydrogen) atoms. The van der Waals surface area contributed by atoms with Crippen LogP contribution in [0.5, 0.6) is 0 Å². The Morgan fingerprint density at radius 3 is 2.32 bits per heavy atom. The number of carbonyl (C=O) groups is 2. The molecular formula is C30H50O4. The highest BCUT2D eigenvalue weighted by molar-refractivity contribution is 5.80. The fourth-order valence-corrected chi connectivity index (χ4v) is 9.45. The Kier molecular flexibility index (Phi) is 7.75. The van der Waals surface area contributed by atoms with E-state index in [4.69, 9.17) is 9.47 Å². The molecular weight excluding hydrogens is 424 g/mol. The van der Waals surface area contributed by atoms with Crippen molar-refractivity contribution in [3.63, 3.8) is 0 Å². The van der Waals surface area contributed by atoms with Crippen molar-refractivity contribution < 1.29 is 19.1 Å². The number of Topliss-reactive ketones (excluding diaryl/α,β-unsaturated/α-hetero) is 1. The SMILES string of the molecule is CCOC(=O)OC1CC[C@@]2(C)C(CC[C@H]3[C@@H]4CC[C@H]([C@H](C)CCC(=O)C(C)C)[C@@]4(C)CC[C@@H]32)C1. The van der Waals surface area contributed by atoms with Crippen molar-refractivity contribution in [2.24, 2.45) is 52.3 Å². The summed E-state index contributed by atoms with van der Waals surface area (Å²) in [5.41, 5.74) is 0.848. The van der Waals surface area contributed by atoms with Crippen LogP contribution >= 0.6 is 0 Å². The van der Waals surface area contributed by atoms with Gasteiger partial charge in [0.05, 0.1) is 6.61 Å². The van der Waals surface area contributed by atoms with E-state index < -0.39 is 6.16 Å². The van der Waals surface area contributed by atoms with Crippen LogP contribution < -0.4 is 0 Å². The molecule has 9 atom stereocenters. The van der Waals surface area contributed by atoms with Gasteiger partial charge in [-0.15, -0.1) is 0 Å². The highest BCUT2D eigenvalue weighted by Crippen LogP contribution is 2.68. The maximum Gasteiger partial charge on any atom is 0.508 e. The largest absolute Gasteiger partial charge is 0.508 e. The minimum atomic E-state index is -0.487. The third kappa shape index (κ3) is 4.69. The van der Waals surface area contributed by atoms with Crippen molar-refractivity contribution in [3.8, 4) is 0 Å². The summed E-state index contributed by atoms with van der Waals surface area (Å²) in [5.74, 6) is 5.23. The van der Waals surface area contributed by atoms with Gasteiger partial charge in [0.25, 0.3) is 0 Å². The van der Waals surface area contributed by atoms with E-state index in [1.807, 2.05) is 20.8 Å². The molecule has 4 rings (SSSR count). The van der Waals surface area contributed by atoms with E-state index in [-0.39, 0.29) is 12.0 Å². The van der Waals surface area contributed by atoms with Crippen molar-refractivity contribution in [2.75, 3.05) is 6.61 Å². The molecule has 0 aromatic rings. The van der Waals surface area contributed by atoms with Gasteiger partial charge in [-0.2, -0.15) is 0 Å². The molecule has 4 nitrogen and oxygen atoms in total. The van der Waals surface area contributed by atoms with E-state index in [1.54, 1.807) is 0 Å². The van der Waals surface area contributed by atoms with Gasteiger partial charge in [0, 0.05) is 12.3 Å². The molecule has 4 aliphatic rings. The third-order valence-corrected chi connectivity index (χ3v) is 11.4. The molecule has 0 aliphatic heterocycles. The lowest BCUT2D eigenvalue weighted by Crippen LogP contribution is -2.54. The lowest BCUT2D eigenvalue weighted by atomic mass is 9.44. The molecule has 194 valence electrons. The van der Waals surface area contributed by atoms with Crippen LogP contribution in [0.25, 0.3) is 0 Å². The topological polar surface area (TPSA) is 52.6 Å². The molecule has 0 bridgehead atoms. The zero-order chi connectivity index (χ0) is 24.7. The van der Waals surface area contributed by atoms with Gasteiger partial charge >= 0.3 is 6.16 Å². The molecule has 0 N–H and O–H groups in total. The molecule has 4 heteroatoms. The Balaban J connectivity index is 1.40. The molecule has 0 spiro atoms. The van der Waals surface area contributed by atoms with Gasteiger partial charge in [0.15, 0.2) is 0 Å². The first-order valence-electron chi connectivity index (χ1n) is 14.5. The minimum absolute atomic E-state index is 0.0350. The van der Waals surface area contributed by atoms with Crippen molar-refractivity contribution in [1.29, 1.82) is 0 Å². The van der Waals surface area contributed by atoms with E-state index in [0.29, 0.717) is 35.1 Å². The maximum atomic E-state index is 12.3. The molecule has 4 saturated carbocycles. The Bertz CT molecular complexity index is 746. The molecule has 0 amide bonds. The van der Waals surface area contributed by atoms with Gasteiger partial charge in [0.2, 0.25) is 0 Å². The number of hydrogen-bond acceptors (Lipinski definition) is 4. The average molecular weight is 475 g/mol. The summed E-state index contributed by atoms with van der Waals surface area (Å²) < 4.78 is 10.7. The van der Waals surface area contributed by atoms with Crippen molar-refractivity contribution in [2.45, 2.75) is 118 Å². The van der Waals surface area contributed by atoms with Crippen LogP contribution in [-0.2, 0) is 14.3 Å². The van der Waals surface area contributed by atoms with Crippen LogP contribution in [-0.4, -0.2) is 24.6 Å². The van der Waals surface area contributed by atoms with Crippen LogP contribution in [0.4, 0.5) is 4.79 Å². The van der Waals surface area contributed by atoms with Gasteiger partial charge < -0.3 is 9.47 Å². The van der Waals surface area contributed by atoms with Gasteiger partial charge in [-0.1, -0.05) is 34.6 Å². The highest BCUT2D eigenvalue weighted by Gasteiger charge is 2.60. The van der Waals surface area contributed by atoms with Crippen molar-refractivity contribution in [1.82, 2.24) is 0 Å². The van der Waals surface area contributed by atoms with Gasteiger partial charge in [0.1, 0.15) is 11.9 Å². The first-order valence-corrected chi connectivity index (χ1v) is 14.5. The number of hydrogen-bond donors (Lipinski definition) is 0. The Hall–Kier alpha value is -1.06. The van der Waals surface area contributed by atoms with Crippen LogP contribution in [0.2, 0.25) is 0 Å². The predicted octanol–water partition coefficient (Wildman–Crippen LogP) is 7.83. The Labute approximate surface area is 208 Å². The smallest absolute Gasteiger partial charge is 0.435 e. The van der Waals surface area contributed by atoms with E-state index in [0.717, 1.165) is 49.4 Å². The lowest BCUT2D eigenvalue weighted by molar-refractivity contribution is -0.132. The normalized spacial score (nSPS) is 42.3. The second-order valence-electron chi connectivity index (χ2n) is 13.2. The van der Waals surface area contributed by atoms with Crippen molar-refractivity contribution >= 4 is 11.9 Å². The monoisotopic (exact) mass is 474 g/mol. The van der Waals surface area contributed by atoms with Gasteiger partial charge in [-0.05, 0) is 117 Å². The summed E-state index contributed by atoms with van der Waals surface area (Å²) in [5, 5.41) is 0. The predicted molar refractivity (Wildman–Crippen MR) is 135 cm³/mol. The summed E-state index contributed by atoms with van der Waals surface area (Å²) in [6, 6.07) is 0. The second-order valence-corrected chi connectivity index (χ2v) is 13.2. The van der Waals surface area contributed by atoms with Crippen LogP contribution in [0.1, 0.15) is 112 Å². The molecule has 0 saturated heterocycles. The van der Waals surface area contributed by atoms with E-state index in [1.165, 1.54) is 44.9 Å². The average Bonchev–Trinajstić information content (AvgIpc) is 3.14. The van der Waals surface area contributed by atoms with E-state index >= 15 is 0 Å². The first kappa shape index (κ1) is 26.0. The Morgan fingerprint density at radius 1 is 0.912 bits per heavy atom. The fourth-order valence-electron chi connectivity index (χ4n) is 9.45. The molecule has 4 aliphatic carbocycles.